The second-order valence-corrected chi connectivity index (χ2v) is 6.31. The molecule has 18 heavy (non-hydrogen) atoms. The van der Waals surface area contributed by atoms with Gasteiger partial charge in [0.1, 0.15) is 0 Å². The van der Waals surface area contributed by atoms with Gasteiger partial charge >= 0.3 is 0 Å². The Kier molecular flexibility index (Phi) is 5.04. The van der Waals surface area contributed by atoms with Gasteiger partial charge in [-0.25, -0.2) is 0 Å². The van der Waals surface area contributed by atoms with Crippen molar-refractivity contribution in [2.45, 2.75) is 64.3 Å². The van der Waals surface area contributed by atoms with Crippen molar-refractivity contribution in [3.63, 3.8) is 0 Å². The molecule has 1 heterocycles. The SMILES string of the molecule is CC(N)C1CCCN(C(=O)CC2CCCCC2)C1. The van der Waals surface area contributed by atoms with Gasteiger partial charge in [0, 0.05) is 25.6 Å². The van der Waals surface area contributed by atoms with E-state index in [9.17, 15) is 4.79 Å². The second kappa shape index (κ2) is 6.55. The van der Waals surface area contributed by atoms with Gasteiger partial charge in [0.25, 0.3) is 0 Å². The molecule has 2 atom stereocenters. The van der Waals surface area contributed by atoms with Crippen LogP contribution in [0, 0.1) is 11.8 Å². The number of carbonyl (C=O) groups is 1. The number of rotatable bonds is 3. The van der Waals surface area contributed by atoms with E-state index in [-0.39, 0.29) is 6.04 Å². The van der Waals surface area contributed by atoms with Crippen LogP contribution in [0.15, 0.2) is 0 Å². The highest BCUT2D eigenvalue weighted by Gasteiger charge is 2.27. The summed E-state index contributed by atoms with van der Waals surface area (Å²) in [5, 5.41) is 0. The molecule has 0 aromatic heterocycles. The summed E-state index contributed by atoms with van der Waals surface area (Å²) in [5.41, 5.74) is 5.98. The Morgan fingerprint density at radius 3 is 2.61 bits per heavy atom. The first-order chi connectivity index (χ1) is 8.66. The number of nitrogens with two attached hydrogens (primary N) is 1. The molecule has 0 aromatic carbocycles. The molecule has 2 unspecified atom stereocenters. The predicted octanol–water partition coefficient (Wildman–Crippen LogP) is 2.54. The van der Waals surface area contributed by atoms with Crippen LogP contribution in [0.25, 0.3) is 0 Å². The monoisotopic (exact) mass is 252 g/mol. The van der Waals surface area contributed by atoms with Gasteiger partial charge in [0.2, 0.25) is 5.91 Å². The van der Waals surface area contributed by atoms with Crippen LogP contribution in [0.2, 0.25) is 0 Å². The third-order valence-electron chi connectivity index (χ3n) is 4.74. The zero-order valence-electron chi connectivity index (χ0n) is 11.7. The summed E-state index contributed by atoms with van der Waals surface area (Å²) in [6.07, 6.45) is 9.62. The molecule has 2 fully saturated rings. The number of amides is 1. The topological polar surface area (TPSA) is 46.3 Å². The molecular weight excluding hydrogens is 224 g/mol. The summed E-state index contributed by atoms with van der Waals surface area (Å²) in [4.78, 5) is 14.4. The maximum absolute atomic E-state index is 12.3. The van der Waals surface area contributed by atoms with E-state index in [0.29, 0.717) is 17.7 Å². The minimum absolute atomic E-state index is 0.218. The summed E-state index contributed by atoms with van der Waals surface area (Å²) in [6, 6.07) is 0.218. The number of carbonyl (C=O) groups excluding carboxylic acids is 1. The van der Waals surface area contributed by atoms with Crippen molar-refractivity contribution in [2.75, 3.05) is 13.1 Å². The summed E-state index contributed by atoms with van der Waals surface area (Å²) in [6.45, 7) is 3.91. The molecule has 3 nitrogen and oxygen atoms in total. The Bertz CT molecular complexity index is 272. The van der Waals surface area contributed by atoms with Crippen LogP contribution in [-0.2, 0) is 4.79 Å². The van der Waals surface area contributed by atoms with Crippen molar-refractivity contribution in [1.29, 1.82) is 0 Å². The largest absolute Gasteiger partial charge is 0.342 e. The van der Waals surface area contributed by atoms with Crippen LogP contribution in [0.4, 0.5) is 0 Å². The minimum Gasteiger partial charge on any atom is -0.342 e. The highest BCUT2D eigenvalue weighted by Crippen LogP contribution is 2.28. The average Bonchev–Trinajstić information content (AvgIpc) is 2.40. The molecule has 1 aliphatic heterocycles. The molecule has 3 heteroatoms. The van der Waals surface area contributed by atoms with E-state index in [1.165, 1.54) is 38.5 Å². The molecule has 1 saturated carbocycles. The van der Waals surface area contributed by atoms with Gasteiger partial charge in [-0.05, 0) is 44.4 Å². The molecule has 1 amide bonds. The van der Waals surface area contributed by atoms with Gasteiger partial charge in [-0.2, -0.15) is 0 Å². The van der Waals surface area contributed by atoms with Gasteiger partial charge in [-0.15, -0.1) is 0 Å². The molecule has 1 aliphatic carbocycles. The van der Waals surface area contributed by atoms with Crippen LogP contribution in [0.5, 0.6) is 0 Å². The molecule has 104 valence electrons. The van der Waals surface area contributed by atoms with Crippen LogP contribution < -0.4 is 5.73 Å². The Morgan fingerprint density at radius 2 is 1.94 bits per heavy atom. The van der Waals surface area contributed by atoms with Crippen LogP contribution in [0.1, 0.15) is 58.3 Å². The van der Waals surface area contributed by atoms with E-state index in [0.717, 1.165) is 25.9 Å². The number of likely N-dealkylation sites (tertiary alicyclic amines) is 1. The minimum atomic E-state index is 0.218. The smallest absolute Gasteiger partial charge is 0.222 e. The molecule has 2 N–H and O–H groups in total. The zero-order chi connectivity index (χ0) is 13.0. The maximum Gasteiger partial charge on any atom is 0.222 e. The Labute approximate surface area is 111 Å². The van der Waals surface area contributed by atoms with Crippen molar-refractivity contribution >= 4 is 5.91 Å². The number of nitrogens with zero attached hydrogens (tertiary/aromatic N) is 1. The molecule has 0 bridgehead atoms. The summed E-state index contributed by atoms with van der Waals surface area (Å²) < 4.78 is 0. The van der Waals surface area contributed by atoms with Crippen molar-refractivity contribution < 1.29 is 4.79 Å². The third-order valence-corrected chi connectivity index (χ3v) is 4.74. The summed E-state index contributed by atoms with van der Waals surface area (Å²) >= 11 is 0. The lowest BCUT2D eigenvalue weighted by atomic mass is 9.86. The summed E-state index contributed by atoms with van der Waals surface area (Å²) in [5.74, 6) is 1.54. The Morgan fingerprint density at radius 1 is 1.22 bits per heavy atom. The zero-order valence-corrected chi connectivity index (χ0v) is 11.7. The van der Waals surface area contributed by atoms with Gasteiger partial charge in [-0.3, -0.25) is 4.79 Å². The first kappa shape index (κ1) is 13.9. The van der Waals surface area contributed by atoms with Crippen molar-refractivity contribution in [3.8, 4) is 0 Å². The number of hydrogen-bond donors (Lipinski definition) is 1. The van der Waals surface area contributed by atoms with Crippen LogP contribution >= 0.6 is 0 Å². The van der Waals surface area contributed by atoms with E-state index < -0.39 is 0 Å². The van der Waals surface area contributed by atoms with Gasteiger partial charge < -0.3 is 10.6 Å². The fourth-order valence-corrected chi connectivity index (χ4v) is 3.43. The van der Waals surface area contributed by atoms with E-state index in [2.05, 4.69) is 11.8 Å². The quantitative estimate of drug-likeness (QED) is 0.839. The maximum atomic E-state index is 12.3. The fourth-order valence-electron chi connectivity index (χ4n) is 3.43. The lowest BCUT2D eigenvalue weighted by Crippen LogP contribution is -2.45. The molecule has 1 saturated heterocycles. The second-order valence-electron chi connectivity index (χ2n) is 6.31. The summed E-state index contributed by atoms with van der Waals surface area (Å²) in [7, 11) is 0. The van der Waals surface area contributed by atoms with Gasteiger partial charge in [0.05, 0.1) is 0 Å². The van der Waals surface area contributed by atoms with Crippen LogP contribution in [-0.4, -0.2) is 29.9 Å². The molecule has 0 aromatic rings. The highest BCUT2D eigenvalue weighted by molar-refractivity contribution is 5.76. The molecule has 0 spiro atoms. The lowest BCUT2D eigenvalue weighted by Gasteiger charge is -2.35. The Balaban J connectivity index is 1.80. The number of hydrogen-bond acceptors (Lipinski definition) is 2. The normalized spacial score (nSPS) is 28.1. The molecule has 2 rings (SSSR count). The highest BCUT2D eigenvalue weighted by atomic mass is 16.2. The molecule has 2 aliphatic rings. The predicted molar refractivity (Wildman–Crippen MR) is 74.1 cm³/mol. The third kappa shape index (κ3) is 3.71. The molecular formula is C15H28N2O. The van der Waals surface area contributed by atoms with Crippen molar-refractivity contribution in [3.05, 3.63) is 0 Å². The van der Waals surface area contributed by atoms with Crippen molar-refractivity contribution in [2.24, 2.45) is 17.6 Å². The first-order valence-corrected chi connectivity index (χ1v) is 7.70. The fraction of sp³-hybridized carbons (Fsp3) is 0.933. The standard InChI is InChI=1S/C15H28N2O/c1-12(16)14-8-5-9-17(11-14)15(18)10-13-6-3-2-4-7-13/h12-14H,2-11,16H2,1H3. The van der Waals surface area contributed by atoms with E-state index in [1.54, 1.807) is 0 Å². The Hall–Kier alpha value is -0.570. The van der Waals surface area contributed by atoms with Gasteiger partial charge in [-0.1, -0.05) is 19.3 Å². The average molecular weight is 252 g/mol. The lowest BCUT2D eigenvalue weighted by molar-refractivity contribution is -0.134. The van der Waals surface area contributed by atoms with Gasteiger partial charge in [0.15, 0.2) is 0 Å². The molecule has 0 radical (unpaired) electrons. The van der Waals surface area contributed by atoms with E-state index in [4.69, 9.17) is 5.73 Å². The number of piperidine rings is 1. The van der Waals surface area contributed by atoms with Crippen molar-refractivity contribution in [1.82, 2.24) is 4.90 Å². The first-order valence-electron chi connectivity index (χ1n) is 7.70. The van der Waals surface area contributed by atoms with Crippen LogP contribution in [0.3, 0.4) is 0 Å². The van der Waals surface area contributed by atoms with E-state index in [1.807, 2.05) is 0 Å². The van der Waals surface area contributed by atoms with E-state index >= 15 is 0 Å².